The van der Waals surface area contributed by atoms with Gasteiger partial charge in [0.15, 0.2) is 0 Å². The molecule has 1 N–H and O–H groups in total. The van der Waals surface area contributed by atoms with Gasteiger partial charge in [0.25, 0.3) is 0 Å². The van der Waals surface area contributed by atoms with Crippen LogP contribution in [0.25, 0.3) is 0 Å². The lowest BCUT2D eigenvalue weighted by Gasteiger charge is -2.57. The summed E-state index contributed by atoms with van der Waals surface area (Å²) in [5.41, 5.74) is 1.27. The Balaban J connectivity index is 1.02. The average molecular weight is 466 g/mol. The number of carbonyl (C=O) groups is 2. The molecule has 6 aliphatic rings. The van der Waals surface area contributed by atoms with Crippen molar-refractivity contribution in [1.82, 2.24) is 15.1 Å². The molecule has 6 heteroatoms. The molecule has 7 rings (SSSR count). The van der Waals surface area contributed by atoms with Crippen molar-refractivity contribution in [2.45, 2.75) is 69.7 Å². The van der Waals surface area contributed by atoms with Gasteiger partial charge in [-0.1, -0.05) is 12.1 Å². The van der Waals surface area contributed by atoms with Crippen LogP contribution in [0.4, 0.5) is 4.79 Å². The van der Waals surface area contributed by atoms with Gasteiger partial charge in [-0.15, -0.1) is 0 Å². The van der Waals surface area contributed by atoms with Crippen LogP contribution in [0.2, 0.25) is 0 Å². The number of piperidine rings is 1. The van der Waals surface area contributed by atoms with Crippen molar-refractivity contribution in [3.8, 4) is 5.75 Å². The van der Waals surface area contributed by atoms with E-state index in [1.807, 2.05) is 29.2 Å². The predicted molar refractivity (Wildman–Crippen MR) is 131 cm³/mol. The van der Waals surface area contributed by atoms with Crippen LogP contribution in [-0.4, -0.2) is 60.6 Å². The molecule has 34 heavy (non-hydrogen) atoms. The molecule has 4 saturated carbocycles. The maximum Gasteiger partial charge on any atom is 0.317 e. The van der Waals surface area contributed by atoms with E-state index >= 15 is 0 Å². The minimum absolute atomic E-state index is 0.0808. The molecule has 4 aliphatic carbocycles. The highest BCUT2D eigenvalue weighted by Crippen LogP contribution is 2.55. The van der Waals surface area contributed by atoms with Crippen molar-refractivity contribution >= 4 is 11.9 Å². The van der Waals surface area contributed by atoms with E-state index < -0.39 is 0 Å². The third kappa shape index (κ3) is 4.18. The summed E-state index contributed by atoms with van der Waals surface area (Å²) in [6, 6.07) is 7.96. The van der Waals surface area contributed by atoms with Gasteiger partial charge in [0.1, 0.15) is 5.75 Å². The zero-order valence-electron chi connectivity index (χ0n) is 20.6. The number of nitrogens with one attached hydrogen (secondary N) is 1. The second-order valence-corrected chi connectivity index (χ2v) is 12.2. The van der Waals surface area contributed by atoms with Gasteiger partial charge < -0.3 is 19.9 Å². The first-order valence-corrected chi connectivity index (χ1v) is 13.4. The SMILES string of the molecule is COc1cccc(CC(=O)N2CCC3(CC2)CCN(C(=O)NC24CC5CC(CC(C5)C2)C4)C3)c1. The van der Waals surface area contributed by atoms with Gasteiger partial charge in [0.2, 0.25) is 5.91 Å². The zero-order valence-corrected chi connectivity index (χ0v) is 20.6. The molecule has 0 aromatic heterocycles. The molecule has 1 spiro atoms. The summed E-state index contributed by atoms with van der Waals surface area (Å²) < 4.78 is 5.29. The van der Waals surface area contributed by atoms with Crippen LogP contribution in [0.3, 0.4) is 0 Å². The summed E-state index contributed by atoms with van der Waals surface area (Å²) in [7, 11) is 1.65. The Bertz CT molecular complexity index is 917. The lowest BCUT2D eigenvalue weighted by Crippen LogP contribution is -2.61. The van der Waals surface area contributed by atoms with E-state index in [1.54, 1.807) is 7.11 Å². The Morgan fingerprint density at radius 2 is 1.59 bits per heavy atom. The third-order valence-electron chi connectivity index (χ3n) is 9.80. The molecule has 3 amide bonds. The van der Waals surface area contributed by atoms with E-state index in [4.69, 9.17) is 4.74 Å². The van der Waals surface area contributed by atoms with E-state index in [0.29, 0.717) is 6.42 Å². The summed E-state index contributed by atoms with van der Waals surface area (Å²) in [5, 5.41) is 3.56. The molecule has 2 saturated heterocycles. The monoisotopic (exact) mass is 465 g/mol. The molecule has 0 unspecified atom stereocenters. The Hall–Kier alpha value is -2.24. The summed E-state index contributed by atoms with van der Waals surface area (Å²) in [5.74, 6) is 3.51. The molecule has 0 radical (unpaired) electrons. The highest BCUT2D eigenvalue weighted by Gasteiger charge is 2.52. The van der Waals surface area contributed by atoms with Crippen LogP contribution >= 0.6 is 0 Å². The topological polar surface area (TPSA) is 61.9 Å². The number of benzene rings is 1. The van der Waals surface area contributed by atoms with Crippen LogP contribution < -0.4 is 10.1 Å². The smallest absolute Gasteiger partial charge is 0.317 e. The van der Waals surface area contributed by atoms with Crippen molar-refractivity contribution in [3.05, 3.63) is 29.8 Å². The summed E-state index contributed by atoms with van der Waals surface area (Å²) in [6.07, 6.45) is 11.3. The van der Waals surface area contributed by atoms with Gasteiger partial charge in [0.05, 0.1) is 13.5 Å². The molecular weight excluding hydrogens is 426 g/mol. The summed E-state index contributed by atoms with van der Waals surface area (Å²) >= 11 is 0. The maximum absolute atomic E-state index is 13.3. The number of likely N-dealkylation sites (tertiary alicyclic amines) is 2. The quantitative estimate of drug-likeness (QED) is 0.724. The number of ether oxygens (including phenoxy) is 1. The lowest BCUT2D eigenvalue weighted by atomic mass is 9.53. The van der Waals surface area contributed by atoms with E-state index in [-0.39, 0.29) is 22.9 Å². The maximum atomic E-state index is 13.3. The fraction of sp³-hybridized carbons (Fsp3) is 0.714. The number of carbonyl (C=O) groups excluding carboxylic acids is 2. The van der Waals surface area contributed by atoms with Crippen LogP contribution in [0.1, 0.15) is 63.4 Å². The van der Waals surface area contributed by atoms with Crippen molar-refractivity contribution in [1.29, 1.82) is 0 Å². The van der Waals surface area contributed by atoms with Gasteiger partial charge in [-0.25, -0.2) is 4.79 Å². The van der Waals surface area contributed by atoms with Crippen LogP contribution in [0, 0.1) is 23.2 Å². The predicted octanol–water partition coefficient (Wildman–Crippen LogP) is 4.23. The first kappa shape index (κ1) is 22.2. The van der Waals surface area contributed by atoms with Gasteiger partial charge >= 0.3 is 6.03 Å². The fourth-order valence-corrected chi connectivity index (χ4v) is 8.39. The number of urea groups is 1. The second-order valence-electron chi connectivity index (χ2n) is 12.2. The number of methoxy groups -OCH3 is 1. The zero-order chi connectivity index (χ0) is 23.3. The summed E-state index contributed by atoms with van der Waals surface area (Å²) in [4.78, 5) is 30.3. The van der Waals surface area contributed by atoms with Gasteiger partial charge in [-0.3, -0.25) is 4.79 Å². The van der Waals surface area contributed by atoms with Crippen molar-refractivity contribution in [2.75, 3.05) is 33.3 Å². The van der Waals surface area contributed by atoms with Crippen LogP contribution in [0.5, 0.6) is 5.75 Å². The molecule has 6 nitrogen and oxygen atoms in total. The Labute approximate surface area is 203 Å². The highest BCUT2D eigenvalue weighted by molar-refractivity contribution is 5.79. The van der Waals surface area contributed by atoms with Crippen molar-refractivity contribution in [2.24, 2.45) is 23.2 Å². The van der Waals surface area contributed by atoms with E-state index in [2.05, 4.69) is 10.2 Å². The van der Waals surface area contributed by atoms with E-state index in [0.717, 1.165) is 74.5 Å². The van der Waals surface area contributed by atoms with Crippen LogP contribution in [0.15, 0.2) is 24.3 Å². The normalized spacial score (nSPS) is 33.4. The lowest BCUT2D eigenvalue weighted by molar-refractivity contribution is -0.132. The molecular formula is C28H39N3O3. The molecule has 6 fully saturated rings. The molecule has 2 heterocycles. The molecule has 1 aromatic rings. The van der Waals surface area contributed by atoms with Gasteiger partial charge in [-0.2, -0.15) is 0 Å². The molecule has 184 valence electrons. The van der Waals surface area contributed by atoms with E-state index in [9.17, 15) is 9.59 Å². The van der Waals surface area contributed by atoms with Gasteiger partial charge in [0, 0.05) is 31.7 Å². The van der Waals surface area contributed by atoms with Gasteiger partial charge in [-0.05, 0) is 98.7 Å². The number of hydrogen-bond acceptors (Lipinski definition) is 3. The highest BCUT2D eigenvalue weighted by atomic mass is 16.5. The number of hydrogen-bond donors (Lipinski definition) is 1. The standard InChI is InChI=1S/C28H39N3O3/c1-34-24-4-2-3-20(14-24)15-25(32)30-8-5-27(6-9-30)7-10-31(19-27)26(33)29-28-16-21-11-22(17-28)13-23(12-21)18-28/h2-4,14,21-23H,5-13,15-19H2,1H3,(H,29,33). The minimum Gasteiger partial charge on any atom is -0.497 e. The molecule has 1 aromatic carbocycles. The number of rotatable bonds is 4. The van der Waals surface area contributed by atoms with Crippen molar-refractivity contribution in [3.63, 3.8) is 0 Å². The number of nitrogens with zero attached hydrogens (tertiary/aromatic N) is 2. The van der Waals surface area contributed by atoms with Crippen molar-refractivity contribution < 1.29 is 14.3 Å². The summed E-state index contributed by atoms with van der Waals surface area (Å²) in [6.45, 7) is 3.31. The average Bonchev–Trinajstić information content (AvgIpc) is 3.22. The minimum atomic E-state index is 0.0808. The fourth-order valence-electron chi connectivity index (χ4n) is 8.39. The largest absolute Gasteiger partial charge is 0.497 e. The third-order valence-corrected chi connectivity index (χ3v) is 9.80. The Kier molecular flexibility index (Phi) is 5.53. The Morgan fingerprint density at radius 3 is 2.21 bits per heavy atom. The van der Waals surface area contributed by atoms with E-state index in [1.165, 1.54) is 38.5 Å². The first-order chi connectivity index (χ1) is 16.4. The molecule has 2 aliphatic heterocycles. The molecule has 0 atom stereocenters. The first-order valence-electron chi connectivity index (χ1n) is 13.4. The second kappa shape index (κ2) is 8.46. The Morgan fingerprint density at radius 1 is 0.971 bits per heavy atom. The van der Waals surface area contributed by atoms with Crippen LogP contribution in [-0.2, 0) is 11.2 Å². The molecule has 4 bridgehead atoms. The number of amides is 3.